The molecule has 11 aromatic rings. The summed E-state index contributed by atoms with van der Waals surface area (Å²) in [6, 6.07) is 57.9. The van der Waals surface area contributed by atoms with Crippen LogP contribution in [0.15, 0.2) is 162 Å². The van der Waals surface area contributed by atoms with Gasteiger partial charge >= 0.3 is 0 Å². The molecule has 11 rings (SSSR count). The molecular weight excluding hydrogens is 569 g/mol. The topological polar surface area (TPSA) is 13.1 Å². The van der Waals surface area contributed by atoms with Crippen molar-refractivity contribution in [2.45, 2.75) is 0 Å². The highest BCUT2D eigenvalue weighted by molar-refractivity contribution is 6.26. The zero-order valence-corrected chi connectivity index (χ0v) is 25.4. The van der Waals surface area contributed by atoms with E-state index in [-0.39, 0.29) is 0 Å². The molecule has 47 heavy (non-hydrogen) atoms. The molecule has 0 bridgehead atoms. The smallest absolute Gasteiger partial charge is 0.143 e. The first-order valence-electron chi connectivity index (χ1n) is 16.3. The van der Waals surface area contributed by atoms with Gasteiger partial charge in [-0.05, 0) is 100 Å². The molecule has 0 atom stereocenters. The Bertz CT molecular complexity index is 3050. The van der Waals surface area contributed by atoms with Gasteiger partial charge in [-0.15, -0.1) is 0 Å². The number of benzene rings is 10. The minimum atomic E-state index is 0.929. The van der Waals surface area contributed by atoms with Crippen LogP contribution >= 0.6 is 0 Å². The van der Waals surface area contributed by atoms with E-state index in [1.54, 1.807) is 0 Å². The highest BCUT2D eigenvalue weighted by Crippen LogP contribution is 2.45. The highest BCUT2D eigenvalue weighted by Gasteiger charge is 2.19. The minimum absolute atomic E-state index is 0.929. The van der Waals surface area contributed by atoms with Gasteiger partial charge in [-0.2, -0.15) is 0 Å². The van der Waals surface area contributed by atoms with E-state index in [4.69, 9.17) is 4.42 Å². The molecule has 0 aliphatic heterocycles. The second kappa shape index (κ2) is 9.19. The van der Waals surface area contributed by atoms with Crippen molar-refractivity contribution < 1.29 is 4.42 Å². The molecule has 0 amide bonds. The Morgan fingerprint density at radius 3 is 1.74 bits per heavy atom. The maximum absolute atomic E-state index is 6.90. The molecule has 0 spiro atoms. The molecular formula is C46H26O. The van der Waals surface area contributed by atoms with Crippen LogP contribution in [0.4, 0.5) is 0 Å². The summed E-state index contributed by atoms with van der Waals surface area (Å²) in [7, 11) is 0. The Kier molecular flexibility index (Phi) is 4.90. The molecule has 0 aliphatic rings. The van der Waals surface area contributed by atoms with Crippen LogP contribution in [0.1, 0.15) is 0 Å². The summed E-state index contributed by atoms with van der Waals surface area (Å²) in [6.07, 6.45) is 0. The first-order chi connectivity index (χ1) is 23.3. The third kappa shape index (κ3) is 3.49. The van der Waals surface area contributed by atoms with Crippen molar-refractivity contribution in [1.29, 1.82) is 0 Å². The predicted octanol–water partition coefficient (Wildman–Crippen LogP) is 13.3. The summed E-state index contributed by atoms with van der Waals surface area (Å²) in [5, 5.41) is 17.4. The van der Waals surface area contributed by atoms with E-state index in [9.17, 15) is 0 Å². The molecule has 1 nitrogen and oxygen atoms in total. The summed E-state index contributed by atoms with van der Waals surface area (Å²) in [5.74, 6) is 0. The summed E-state index contributed by atoms with van der Waals surface area (Å²) in [5.41, 5.74) is 6.57. The van der Waals surface area contributed by atoms with E-state index >= 15 is 0 Å². The zero-order valence-electron chi connectivity index (χ0n) is 25.4. The minimum Gasteiger partial charge on any atom is -0.455 e. The van der Waals surface area contributed by atoms with E-state index in [0.717, 1.165) is 38.5 Å². The van der Waals surface area contributed by atoms with Crippen LogP contribution < -0.4 is 0 Å². The average Bonchev–Trinajstić information content (AvgIpc) is 3.52. The van der Waals surface area contributed by atoms with Crippen LogP contribution in [0, 0.1) is 0 Å². The Balaban J connectivity index is 1.25. The van der Waals surface area contributed by atoms with Gasteiger partial charge in [-0.1, -0.05) is 133 Å². The van der Waals surface area contributed by atoms with Gasteiger partial charge in [0.15, 0.2) is 0 Å². The Hall–Kier alpha value is -6.18. The third-order valence-corrected chi connectivity index (χ3v) is 10.4. The van der Waals surface area contributed by atoms with Crippen LogP contribution in [0.5, 0.6) is 0 Å². The lowest BCUT2D eigenvalue weighted by atomic mass is 9.88. The fourth-order valence-corrected chi connectivity index (χ4v) is 8.14. The molecule has 1 heterocycles. The van der Waals surface area contributed by atoms with E-state index in [1.165, 1.54) is 70.4 Å². The highest BCUT2D eigenvalue weighted by atomic mass is 16.3. The molecule has 0 saturated heterocycles. The summed E-state index contributed by atoms with van der Waals surface area (Å²) >= 11 is 0. The summed E-state index contributed by atoms with van der Waals surface area (Å²) < 4.78 is 6.90. The fraction of sp³-hybridized carbons (Fsp3) is 0. The normalized spacial score (nSPS) is 12.3. The van der Waals surface area contributed by atoms with Gasteiger partial charge in [-0.3, -0.25) is 0 Å². The van der Waals surface area contributed by atoms with E-state index < -0.39 is 0 Å². The molecule has 0 N–H and O–H groups in total. The maximum atomic E-state index is 6.90. The van der Waals surface area contributed by atoms with Gasteiger partial charge in [0, 0.05) is 21.7 Å². The Morgan fingerprint density at radius 2 is 0.872 bits per heavy atom. The predicted molar refractivity (Wildman–Crippen MR) is 201 cm³/mol. The first kappa shape index (κ1) is 25.1. The quantitative estimate of drug-likeness (QED) is 0.182. The molecule has 0 saturated carbocycles. The number of rotatable bonds is 2. The van der Waals surface area contributed by atoms with Crippen LogP contribution in [0.2, 0.25) is 0 Å². The number of furan rings is 1. The van der Waals surface area contributed by atoms with Gasteiger partial charge in [0.05, 0.1) is 0 Å². The lowest BCUT2D eigenvalue weighted by Gasteiger charge is -2.15. The Morgan fingerprint density at radius 1 is 0.277 bits per heavy atom. The standard InChI is InChI=1S/C46H26O/c1-3-10-35-27(6-1)12-15-32-24-33(19-21-36(32)35)41-25-34(26-42-40-23-16-28-7-2-4-11-38(28)45(40)47-46(41)42)37-20-17-31-14-13-29-8-5-9-30-18-22-39(37)44(31)43(29)30/h1-26H. The molecule has 0 fully saturated rings. The zero-order chi connectivity index (χ0) is 30.6. The Labute approximate surface area is 270 Å². The number of hydrogen-bond donors (Lipinski definition) is 0. The number of fused-ring (bicyclic) bond motifs is 8. The van der Waals surface area contributed by atoms with Gasteiger partial charge in [0.25, 0.3) is 0 Å². The van der Waals surface area contributed by atoms with Gasteiger partial charge in [0.1, 0.15) is 11.2 Å². The molecule has 0 aliphatic carbocycles. The first-order valence-corrected chi connectivity index (χ1v) is 16.3. The second-order valence-electron chi connectivity index (χ2n) is 12.9. The van der Waals surface area contributed by atoms with Crippen molar-refractivity contribution in [1.82, 2.24) is 0 Å². The largest absolute Gasteiger partial charge is 0.455 e. The van der Waals surface area contributed by atoms with Crippen molar-refractivity contribution in [3.63, 3.8) is 0 Å². The maximum Gasteiger partial charge on any atom is 0.143 e. The lowest BCUT2D eigenvalue weighted by Crippen LogP contribution is -1.89. The lowest BCUT2D eigenvalue weighted by molar-refractivity contribution is 0.674. The van der Waals surface area contributed by atoms with Crippen molar-refractivity contribution in [2.24, 2.45) is 0 Å². The van der Waals surface area contributed by atoms with E-state index in [2.05, 4.69) is 158 Å². The van der Waals surface area contributed by atoms with Gasteiger partial charge in [0.2, 0.25) is 0 Å². The van der Waals surface area contributed by atoms with Crippen LogP contribution in [0.25, 0.3) is 109 Å². The summed E-state index contributed by atoms with van der Waals surface area (Å²) in [6.45, 7) is 0. The molecule has 10 aromatic carbocycles. The van der Waals surface area contributed by atoms with Gasteiger partial charge in [-0.25, -0.2) is 0 Å². The average molecular weight is 595 g/mol. The number of hydrogen-bond acceptors (Lipinski definition) is 1. The molecule has 1 aromatic heterocycles. The van der Waals surface area contributed by atoms with Crippen LogP contribution in [-0.2, 0) is 0 Å². The molecule has 0 radical (unpaired) electrons. The van der Waals surface area contributed by atoms with E-state index in [0.29, 0.717) is 0 Å². The monoisotopic (exact) mass is 594 g/mol. The third-order valence-electron chi connectivity index (χ3n) is 10.4. The molecule has 1 heteroatoms. The fourth-order valence-electron chi connectivity index (χ4n) is 8.14. The summed E-state index contributed by atoms with van der Waals surface area (Å²) in [4.78, 5) is 0. The molecule has 0 unspecified atom stereocenters. The van der Waals surface area contributed by atoms with Crippen LogP contribution in [-0.4, -0.2) is 0 Å². The molecule has 216 valence electrons. The second-order valence-corrected chi connectivity index (χ2v) is 12.9. The van der Waals surface area contributed by atoms with E-state index in [1.807, 2.05) is 0 Å². The van der Waals surface area contributed by atoms with Gasteiger partial charge < -0.3 is 4.42 Å². The SMILES string of the molecule is c1ccc2c(c1)ccc1cc(-c3cc(-c4ccc5ccc6cccc7ccc4c5c67)cc4c3oc3c5ccccc5ccc43)ccc12. The van der Waals surface area contributed by atoms with Crippen LogP contribution in [0.3, 0.4) is 0 Å². The van der Waals surface area contributed by atoms with Crippen molar-refractivity contribution in [2.75, 3.05) is 0 Å². The van der Waals surface area contributed by atoms with Crippen molar-refractivity contribution in [3.05, 3.63) is 158 Å². The van der Waals surface area contributed by atoms with Crippen molar-refractivity contribution in [3.8, 4) is 22.3 Å². The van der Waals surface area contributed by atoms with Crippen molar-refractivity contribution >= 4 is 86.6 Å².